The third kappa shape index (κ3) is 7.46. The Hall–Kier alpha value is -4.53. The van der Waals surface area contributed by atoms with E-state index >= 15 is 0 Å². The maximum atomic E-state index is 13.9. The minimum absolute atomic E-state index is 0.0905. The number of benzene rings is 4. The first kappa shape index (κ1) is 31.5. The SMILES string of the molecule is NCCC(=O)N(CC1CCNCC1)C(Cc1ccc(-c2ccccc2)cc1)[C@@H]1NC(=O)[C@H](Cc2ccc3ccccc3c2)NC1=O. The van der Waals surface area contributed by atoms with Gasteiger partial charge in [0.25, 0.3) is 0 Å². The molecule has 4 aromatic carbocycles. The van der Waals surface area contributed by atoms with Crippen molar-refractivity contribution in [3.8, 4) is 11.1 Å². The van der Waals surface area contributed by atoms with Crippen LogP contribution in [0.15, 0.2) is 97.1 Å². The fourth-order valence-electron chi connectivity index (χ4n) is 6.81. The van der Waals surface area contributed by atoms with Gasteiger partial charge in [-0.15, -0.1) is 0 Å². The van der Waals surface area contributed by atoms with E-state index in [4.69, 9.17) is 5.73 Å². The molecular weight excluding hydrogens is 574 g/mol. The Morgan fingerprint density at radius 1 is 0.783 bits per heavy atom. The molecule has 6 rings (SSSR count). The van der Waals surface area contributed by atoms with Crippen LogP contribution in [0.1, 0.15) is 30.4 Å². The van der Waals surface area contributed by atoms with E-state index in [0.29, 0.717) is 25.3 Å². The van der Waals surface area contributed by atoms with E-state index in [9.17, 15) is 14.4 Å². The molecule has 0 bridgehead atoms. The average Bonchev–Trinajstić information content (AvgIpc) is 3.09. The molecule has 46 heavy (non-hydrogen) atoms. The van der Waals surface area contributed by atoms with Gasteiger partial charge in [-0.2, -0.15) is 0 Å². The summed E-state index contributed by atoms with van der Waals surface area (Å²) in [6.45, 7) is 2.53. The quantitative estimate of drug-likeness (QED) is 0.204. The number of piperazine rings is 1. The summed E-state index contributed by atoms with van der Waals surface area (Å²) < 4.78 is 0. The van der Waals surface area contributed by atoms with Crippen molar-refractivity contribution in [3.05, 3.63) is 108 Å². The van der Waals surface area contributed by atoms with Crippen LogP contribution in [0.4, 0.5) is 0 Å². The molecule has 2 saturated heterocycles. The van der Waals surface area contributed by atoms with Gasteiger partial charge >= 0.3 is 0 Å². The number of carbonyl (C=O) groups excluding carboxylic acids is 3. The molecule has 3 atom stereocenters. The Balaban J connectivity index is 1.26. The summed E-state index contributed by atoms with van der Waals surface area (Å²) in [4.78, 5) is 43.1. The molecule has 0 saturated carbocycles. The van der Waals surface area contributed by atoms with Gasteiger partial charge in [0.2, 0.25) is 17.7 Å². The van der Waals surface area contributed by atoms with Gasteiger partial charge in [0.15, 0.2) is 0 Å². The van der Waals surface area contributed by atoms with E-state index in [1.165, 1.54) is 0 Å². The van der Waals surface area contributed by atoms with E-state index in [2.05, 4.69) is 64.5 Å². The Kier molecular flexibility index (Phi) is 10.1. The topological polar surface area (TPSA) is 117 Å². The highest BCUT2D eigenvalue weighted by Gasteiger charge is 2.42. The summed E-state index contributed by atoms with van der Waals surface area (Å²) in [5.41, 5.74) is 10.0. The van der Waals surface area contributed by atoms with Gasteiger partial charge in [0.1, 0.15) is 12.1 Å². The lowest BCUT2D eigenvalue weighted by Crippen LogP contribution is -2.69. The van der Waals surface area contributed by atoms with E-state index in [1.807, 2.05) is 53.4 Å². The molecule has 0 radical (unpaired) electrons. The molecule has 2 aliphatic heterocycles. The summed E-state index contributed by atoms with van der Waals surface area (Å²) in [6, 6.07) is 30.4. The van der Waals surface area contributed by atoms with Gasteiger partial charge in [0, 0.05) is 25.9 Å². The molecule has 2 aliphatic rings. The largest absolute Gasteiger partial charge is 0.342 e. The van der Waals surface area contributed by atoms with Crippen LogP contribution in [0, 0.1) is 5.92 Å². The number of hydrogen-bond acceptors (Lipinski definition) is 5. The van der Waals surface area contributed by atoms with Crippen LogP contribution in [0.2, 0.25) is 0 Å². The third-order valence-electron chi connectivity index (χ3n) is 9.35. The molecule has 8 heteroatoms. The second-order valence-corrected chi connectivity index (χ2v) is 12.5. The lowest BCUT2D eigenvalue weighted by molar-refractivity contribution is -0.143. The Morgan fingerprint density at radius 3 is 2.20 bits per heavy atom. The fourth-order valence-corrected chi connectivity index (χ4v) is 6.81. The molecule has 238 valence electrons. The van der Waals surface area contributed by atoms with Crippen LogP contribution in [-0.2, 0) is 27.2 Å². The molecule has 0 spiro atoms. The number of piperidine rings is 1. The number of nitrogens with one attached hydrogen (secondary N) is 3. The van der Waals surface area contributed by atoms with Gasteiger partial charge in [0.05, 0.1) is 6.04 Å². The molecular formula is C38H43N5O3. The van der Waals surface area contributed by atoms with Gasteiger partial charge < -0.3 is 26.6 Å². The lowest BCUT2D eigenvalue weighted by Gasteiger charge is -2.42. The van der Waals surface area contributed by atoms with E-state index in [1.54, 1.807) is 0 Å². The predicted molar refractivity (Wildman–Crippen MR) is 182 cm³/mol. The number of hydrogen-bond donors (Lipinski definition) is 4. The second kappa shape index (κ2) is 14.7. The summed E-state index contributed by atoms with van der Waals surface area (Å²) in [7, 11) is 0. The Labute approximate surface area is 270 Å². The Morgan fingerprint density at radius 2 is 1.46 bits per heavy atom. The highest BCUT2D eigenvalue weighted by Crippen LogP contribution is 2.25. The monoisotopic (exact) mass is 617 g/mol. The third-order valence-corrected chi connectivity index (χ3v) is 9.35. The van der Waals surface area contributed by atoms with Crippen LogP contribution in [0.3, 0.4) is 0 Å². The van der Waals surface area contributed by atoms with Gasteiger partial charge in [-0.1, -0.05) is 97.1 Å². The predicted octanol–water partition coefficient (Wildman–Crippen LogP) is 3.82. The van der Waals surface area contributed by atoms with Crippen LogP contribution in [0.5, 0.6) is 0 Å². The highest BCUT2D eigenvalue weighted by atomic mass is 16.2. The number of carbonyl (C=O) groups is 3. The van der Waals surface area contributed by atoms with Crippen molar-refractivity contribution in [1.82, 2.24) is 20.9 Å². The Bertz CT molecular complexity index is 1650. The smallest absolute Gasteiger partial charge is 0.245 e. The number of rotatable bonds is 11. The molecule has 4 aromatic rings. The number of nitrogens with two attached hydrogens (primary N) is 1. The molecule has 2 heterocycles. The van der Waals surface area contributed by atoms with Crippen LogP contribution in [0.25, 0.3) is 21.9 Å². The van der Waals surface area contributed by atoms with E-state index in [-0.39, 0.29) is 30.7 Å². The van der Waals surface area contributed by atoms with Gasteiger partial charge in [-0.05, 0) is 71.3 Å². The van der Waals surface area contributed by atoms with Crippen molar-refractivity contribution in [2.45, 2.75) is 50.2 Å². The van der Waals surface area contributed by atoms with Crippen molar-refractivity contribution < 1.29 is 14.4 Å². The zero-order chi connectivity index (χ0) is 31.9. The van der Waals surface area contributed by atoms with Crippen LogP contribution < -0.4 is 21.7 Å². The van der Waals surface area contributed by atoms with Crippen LogP contribution in [-0.4, -0.2) is 66.9 Å². The van der Waals surface area contributed by atoms with Crippen LogP contribution >= 0.6 is 0 Å². The molecule has 1 unspecified atom stereocenters. The van der Waals surface area contributed by atoms with E-state index in [0.717, 1.165) is 59.0 Å². The van der Waals surface area contributed by atoms with Gasteiger partial charge in [-0.25, -0.2) is 0 Å². The highest BCUT2D eigenvalue weighted by molar-refractivity contribution is 5.98. The average molecular weight is 618 g/mol. The number of amides is 3. The van der Waals surface area contributed by atoms with Crippen molar-refractivity contribution in [3.63, 3.8) is 0 Å². The molecule has 5 N–H and O–H groups in total. The van der Waals surface area contributed by atoms with Gasteiger partial charge in [-0.3, -0.25) is 14.4 Å². The summed E-state index contributed by atoms with van der Waals surface area (Å²) in [5.74, 6) is -0.302. The number of fused-ring (bicyclic) bond motifs is 1. The lowest BCUT2D eigenvalue weighted by atomic mass is 9.90. The fraction of sp³-hybridized carbons (Fsp3) is 0.342. The molecule has 3 amide bonds. The second-order valence-electron chi connectivity index (χ2n) is 12.5. The molecule has 8 nitrogen and oxygen atoms in total. The summed E-state index contributed by atoms with van der Waals surface area (Å²) in [5, 5.41) is 11.7. The standard InChI is InChI=1S/C38H43N5O3/c39-19-16-35(44)43(25-27-17-20-40-21-18-27)34(24-26-10-13-31(14-11-26)29-6-2-1-3-7-29)36-38(46)41-33(37(45)42-36)23-28-12-15-30-8-4-5-9-32(30)22-28/h1-15,22,27,33-34,36,40H,16-21,23-25,39H2,(H,41,46)(H,42,45)/t33-,34?,36-/m0/s1. The zero-order valence-corrected chi connectivity index (χ0v) is 26.2. The van der Waals surface area contributed by atoms with Crippen molar-refractivity contribution in [1.29, 1.82) is 0 Å². The first-order chi connectivity index (χ1) is 22.5. The maximum absolute atomic E-state index is 13.9. The first-order valence-electron chi connectivity index (χ1n) is 16.4. The summed E-state index contributed by atoms with van der Waals surface area (Å²) >= 11 is 0. The zero-order valence-electron chi connectivity index (χ0n) is 26.2. The molecule has 0 aliphatic carbocycles. The molecule has 0 aromatic heterocycles. The van der Waals surface area contributed by atoms with Crippen molar-refractivity contribution in [2.75, 3.05) is 26.2 Å². The minimum atomic E-state index is -0.891. The minimum Gasteiger partial charge on any atom is -0.342 e. The van der Waals surface area contributed by atoms with Crippen molar-refractivity contribution in [2.24, 2.45) is 11.7 Å². The number of nitrogens with zero attached hydrogens (tertiary/aromatic N) is 1. The summed E-state index contributed by atoms with van der Waals surface area (Å²) in [6.07, 6.45) is 2.88. The van der Waals surface area contributed by atoms with Crippen molar-refractivity contribution >= 4 is 28.5 Å². The maximum Gasteiger partial charge on any atom is 0.245 e. The molecule has 2 fully saturated rings. The first-order valence-corrected chi connectivity index (χ1v) is 16.4. The van der Waals surface area contributed by atoms with E-state index < -0.39 is 18.1 Å². The normalized spacial score (nSPS) is 19.3.